The number of likely N-dealkylation sites (tertiary alicyclic amines) is 1. The first-order chi connectivity index (χ1) is 31.6. The van der Waals surface area contributed by atoms with Gasteiger partial charge in [-0.05, 0) is 91.0 Å². The lowest BCUT2D eigenvalue weighted by atomic mass is 9.72. The Kier molecular flexibility index (Phi) is 12.3. The molecule has 5 heterocycles. The van der Waals surface area contributed by atoms with Crippen molar-refractivity contribution in [2.75, 3.05) is 62.6 Å². The van der Waals surface area contributed by atoms with Crippen LogP contribution in [0.1, 0.15) is 61.9 Å². The molecule has 1 atom stereocenters. The lowest BCUT2D eigenvalue weighted by Crippen LogP contribution is -2.47. The number of allylic oxidation sites excluding steroid dienone is 1. The van der Waals surface area contributed by atoms with Crippen LogP contribution in [-0.2, 0) is 10.0 Å². The Morgan fingerprint density at radius 3 is 2.52 bits per heavy atom. The first-order valence-electron chi connectivity index (χ1n) is 22.1. The van der Waals surface area contributed by atoms with Crippen LogP contribution in [0.15, 0.2) is 89.6 Å². The molecule has 2 amide bonds. The number of amides is 2. The van der Waals surface area contributed by atoms with Gasteiger partial charge in [0.2, 0.25) is 0 Å². The molecule has 3 aromatic carbocycles. The third-order valence-corrected chi connectivity index (χ3v) is 14.8. The van der Waals surface area contributed by atoms with E-state index in [1.54, 1.807) is 24.4 Å². The second-order valence-electron chi connectivity index (χ2n) is 18.2. The quantitative estimate of drug-likeness (QED) is 0.0725. The first kappa shape index (κ1) is 44.8. The molecule has 1 aliphatic carbocycles. The summed E-state index contributed by atoms with van der Waals surface area (Å²) >= 11 is 6.24. The Morgan fingerprint density at radius 1 is 1.03 bits per heavy atom. The van der Waals surface area contributed by atoms with Crippen LogP contribution in [0.2, 0.25) is 5.02 Å². The Morgan fingerprint density at radius 2 is 1.79 bits per heavy atom. The van der Waals surface area contributed by atoms with Crippen LogP contribution in [-0.4, -0.2) is 109 Å². The molecule has 0 bridgehead atoms. The number of carbonyl (C=O) groups excluding carboxylic acids is 1. The zero-order valence-electron chi connectivity index (χ0n) is 36.6. The molecule has 2 fully saturated rings. The minimum atomic E-state index is -4.71. The van der Waals surface area contributed by atoms with E-state index in [1.807, 2.05) is 18.2 Å². The van der Waals surface area contributed by atoms with Gasteiger partial charge in [0, 0.05) is 86.3 Å². The van der Waals surface area contributed by atoms with Crippen LogP contribution in [0.25, 0.3) is 16.6 Å². The summed E-state index contributed by atoms with van der Waals surface area (Å²) in [6.07, 6.45) is 6.45. The summed E-state index contributed by atoms with van der Waals surface area (Å²) in [4.78, 5) is 50.1. The largest absolute Gasteiger partial charge is 0.489 e. The van der Waals surface area contributed by atoms with Crippen molar-refractivity contribution in [3.63, 3.8) is 0 Å². The average Bonchev–Trinajstić information content (AvgIpc) is 3.77. The van der Waals surface area contributed by atoms with Crippen molar-refractivity contribution in [2.45, 2.75) is 56.9 Å². The number of rotatable bonds is 11. The van der Waals surface area contributed by atoms with Gasteiger partial charge in [-0.25, -0.2) is 22.9 Å². The number of anilines is 2. The Hall–Kier alpha value is -6.37. The molecule has 346 valence electrons. The summed E-state index contributed by atoms with van der Waals surface area (Å²) in [5.41, 5.74) is 5.08. The van der Waals surface area contributed by atoms with E-state index in [4.69, 9.17) is 21.1 Å². The normalized spacial score (nSPS) is 19.2. The maximum atomic E-state index is 14.1. The minimum absolute atomic E-state index is 0.0140. The SMILES string of the molecule is CC1(C)CCC(CN2CCN(c3ccc(C(=O)NS(=O)(=O)c4cc5c(c([N+](=O)[O-])c4)N[C@H](C4CCN(C(=O)O)CC4)CO5)c(Oc4cnc5[nH]ccc5c4)c3)CC2)=C(c2ccc(Cl)cc2)C1. The molecule has 2 saturated heterocycles. The van der Waals surface area contributed by atoms with Crippen molar-refractivity contribution < 1.29 is 37.5 Å². The van der Waals surface area contributed by atoms with E-state index in [0.29, 0.717) is 50.4 Å². The molecule has 2 aromatic heterocycles. The fourth-order valence-corrected chi connectivity index (χ4v) is 10.6. The van der Waals surface area contributed by atoms with Crippen LogP contribution < -0.4 is 24.4 Å². The highest BCUT2D eigenvalue weighted by molar-refractivity contribution is 7.90. The minimum Gasteiger partial charge on any atom is -0.489 e. The van der Waals surface area contributed by atoms with Gasteiger partial charge < -0.3 is 34.7 Å². The highest BCUT2D eigenvalue weighted by Gasteiger charge is 2.37. The molecule has 9 rings (SSSR count). The van der Waals surface area contributed by atoms with Crippen molar-refractivity contribution in [2.24, 2.45) is 11.3 Å². The summed E-state index contributed by atoms with van der Waals surface area (Å²) in [7, 11) is -4.71. The Bertz CT molecular complexity index is 2830. The second kappa shape index (κ2) is 18.1. The number of fused-ring (bicyclic) bond motifs is 2. The fraction of sp³-hybridized carbons (Fsp3) is 0.383. The van der Waals surface area contributed by atoms with Crippen molar-refractivity contribution >= 4 is 67.3 Å². The molecule has 19 heteroatoms. The molecule has 17 nitrogen and oxygen atoms in total. The molecule has 66 heavy (non-hydrogen) atoms. The highest BCUT2D eigenvalue weighted by atomic mass is 35.5. The number of nitro groups is 1. The second-order valence-corrected chi connectivity index (χ2v) is 20.4. The van der Waals surface area contributed by atoms with E-state index in [0.717, 1.165) is 67.1 Å². The maximum absolute atomic E-state index is 14.1. The third-order valence-electron chi connectivity index (χ3n) is 13.3. The zero-order valence-corrected chi connectivity index (χ0v) is 38.2. The van der Waals surface area contributed by atoms with Crippen molar-refractivity contribution in [3.05, 3.63) is 111 Å². The molecule has 0 saturated carbocycles. The number of hydrogen-bond donors (Lipinski definition) is 4. The van der Waals surface area contributed by atoms with Crippen LogP contribution in [0.5, 0.6) is 17.2 Å². The summed E-state index contributed by atoms with van der Waals surface area (Å²) in [6, 6.07) is 18.4. The number of carboxylic acid groups (broad SMARTS) is 1. The van der Waals surface area contributed by atoms with Crippen molar-refractivity contribution in [1.82, 2.24) is 24.5 Å². The number of nitro benzene ring substituents is 1. The van der Waals surface area contributed by atoms with E-state index in [2.05, 4.69) is 55.8 Å². The lowest BCUT2D eigenvalue weighted by Gasteiger charge is -2.39. The Labute approximate surface area is 386 Å². The molecule has 4 N–H and O–H groups in total. The molecule has 5 aromatic rings. The van der Waals surface area contributed by atoms with E-state index >= 15 is 0 Å². The number of pyridine rings is 1. The van der Waals surface area contributed by atoms with Crippen LogP contribution in [0, 0.1) is 21.4 Å². The summed E-state index contributed by atoms with van der Waals surface area (Å²) in [5, 5.41) is 26.4. The Balaban J connectivity index is 0.935. The van der Waals surface area contributed by atoms with E-state index in [9.17, 15) is 33.2 Å². The number of nitrogens with zero attached hydrogens (tertiary/aromatic N) is 5. The first-order valence-corrected chi connectivity index (χ1v) is 23.9. The average molecular weight is 939 g/mol. The van der Waals surface area contributed by atoms with Gasteiger partial charge in [-0.1, -0.05) is 43.2 Å². The van der Waals surface area contributed by atoms with Crippen molar-refractivity contribution in [1.29, 1.82) is 0 Å². The number of aromatic nitrogens is 2. The van der Waals surface area contributed by atoms with Gasteiger partial charge in [0.05, 0.1) is 27.6 Å². The van der Waals surface area contributed by atoms with E-state index in [-0.39, 0.29) is 46.7 Å². The summed E-state index contributed by atoms with van der Waals surface area (Å²) in [5.74, 6) is -0.687. The molecule has 3 aliphatic heterocycles. The number of aromatic amines is 1. The van der Waals surface area contributed by atoms with Crippen LogP contribution >= 0.6 is 11.6 Å². The number of benzene rings is 3. The number of piperazine rings is 1. The van der Waals surface area contributed by atoms with Gasteiger partial charge in [-0.3, -0.25) is 19.8 Å². The number of carbonyl (C=O) groups is 2. The number of nitrogens with one attached hydrogen (secondary N) is 3. The molecule has 0 radical (unpaired) electrons. The highest BCUT2D eigenvalue weighted by Crippen LogP contribution is 2.44. The topological polar surface area (TPSA) is 213 Å². The van der Waals surface area contributed by atoms with Crippen LogP contribution in [0.4, 0.5) is 21.9 Å². The number of H-pyrrole nitrogens is 1. The number of piperidine rings is 1. The van der Waals surface area contributed by atoms with Crippen molar-refractivity contribution in [3.8, 4) is 17.2 Å². The summed E-state index contributed by atoms with van der Waals surface area (Å²) < 4.78 is 42.2. The molecule has 0 spiro atoms. The van der Waals surface area contributed by atoms with Gasteiger partial charge in [0.15, 0.2) is 11.4 Å². The summed E-state index contributed by atoms with van der Waals surface area (Å²) in [6.45, 7) is 9.22. The molecule has 0 unspecified atom stereocenters. The number of hydrogen-bond acceptors (Lipinski definition) is 12. The monoisotopic (exact) mass is 938 g/mol. The lowest BCUT2D eigenvalue weighted by molar-refractivity contribution is -0.384. The third kappa shape index (κ3) is 9.62. The standard InChI is InChI=1S/C47H51ClN8O9S/c1-47(2)13-9-32(38(25-47)29-3-5-33(48)6-4-29)27-53-17-19-54(20-18-53)34-7-8-37(41(22-34)65-35-21-31-10-14-49-44(31)50-26-35)45(57)52-66(62,63)36-23-40(56(60)61)43-42(24-36)64-28-39(51-43)30-11-15-55(16-12-30)46(58)59/h3-8,10,14,21-24,26,30,39,51H,9,11-13,15-20,25,27-28H2,1-2H3,(H,49,50)(H,52,57)(H,58,59)/t39-/m0/s1. The van der Waals surface area contributed by atoms with Gasteiger partial charge in [0.25, 0.3) is 21.6 Å². The van der Waals surface area contributed by atoms with Crippen LogP contribution in [0.3, 0.4) is 0 Å². The number of halogens is 1. The van der Waals surface area contributed by atoms with Gasteiger partial charge in [0.1, 0.15) is 23.8 Å². The predicted molar refractivity (Wildman–Crippen MR) is 250 cm³/mol. The smallest absolute Gasteiger partial charge is 0.407 e. The molecule has 4 aliphatic rings. The fourth-order valence-electron chi connectivity index (χ4n) is 9.50. The van der Waals surface area contributed by atoms with Gasteiger partial charge in [-0.2, -0.15) is 0 Å². The molecular formula is C47H51ClN8O9S. The maximum Gasteiger partial charge on any atom is 0.407 e. The number of ether oxygens (including phenoxy) is 2. The zero-order chi connectivity index (χ0) is 46.3. The van der Waals surface area contributed by atoms with E-state index in [1.165, 1.54) is 33.9 Å². The predicted octanol–water partition coefficient (Wildman–Crippen LogP) is 8.38. The number of sulfonamides is 1. The molecular weight excluding hydrogens is 888 g/mol. The van der Waals surface area contributed by atoms with Gasteiger partial charge >= 0.3 is 6.09 Å². The van der Waals surface area contributed by atoms with E-state index < -0.39 is 37.5 Å². The van der Waals surface area contributed by atoms with Gasteiger partial charge in [-0.15, -0.1) is 0 Å².